The zero-order valence-corrected chi connectivity index (χ0v) is 22.4. The minimum absolute atomic E-state index is 0.0293. The summed E-state index contributed by atoms with van der Waals surface area (Å²) in [7, 11) is 0. The first-order valence-corrected chi connectivity index (χ1v) is 14.5. The van der Waals surface area contributed by atoms with Crippen molar-refractivity contribution in [1.29, 1.82) is 0 Å². The van der Waals surface area contributed by atoms with Crippen LogP contribution < -0.4 is 5.32 Å². The van der Waals surface area contributed by atoms with E-state index >= 15 is 0 Å². The van der Waals surface area contributed by atoms with E-state index in [1.165, 1.54) is 0 Å². The lowest BCUT2D eigenvalue weighted by atomic mass is 9.82. The van der Waals surface area contributed by atoms with Crippen molar-refractivity contribution < 1.29 is 14.3 Å². The van der Waals surface area contributed by atoms with Gasteiger partial charge in [-0.3, -0.25) is 9.59 Å². The Kier molecular flexibility index (Phi) is 5.78. The zero-order chi connectivity index (χ0) is 25.9. The van der Waals surface area contributed by atoms with Crippen LogP contribution in [0.15, 0.2) is 48.8 Å². The number of nitrogens with one attached hydrogen (secondary N) is 1. The van der Waals surface area contributed by atoms with E-state index in [-0.39, 0.29) is 11.8 Å². The van der Waals surface area contributed by atoms with Gasteiger partial charge in [-0.2, -0.15) is 0 Å². The number of hydrogen-bond acceptors (Lipinski definition) is 5. The molecule has 0 radical (unpaired) electrons. The lowest BCUT2D eigenvalue weighted by molar-refractivity contribution is 0.0624. The molecule has 2 aliphatic heterocycles. The highest BCUT2D eigenvalue weighted by Crippen LogP contribution is 2.45. The Bertz CT molecular complexity index is 1490. The van der Waals surface area contributed by atoms with E-state index in [4.69, 9.17) is 4.74 Å². The van der Waals surface area contributed by atoms with Gasteiger partial charge in [-0.05, 0) is 80.9 Å². The number of imidazole rings is 1. The molecular formula is C30H32N4O3S. The van der Waals surface area contributed by atoms with Gasteiger partial charge in [0.1, 0.15) is 0 Å². The molecule has 1 aromatic carbocycles. The summed E-state index contributed by atoms with van der Waals surface area (Å²) in [5.74, 6) is 0.0683. The van der Waals surface area contributed by atoms with Crippen molar-refractivity contribution in [2.24, 2.45) is 0 Å². The summed E-state index contributed by atoms with van der Waals surface area (Å²) < 4.78 is 7.78. The van der Waals surface area contributed by atoms with Crippen LogP contribution in [0, 0.1) is 0 Å². The average Bonchev–Trinajstić information content (AvgIpc) is 3.52. The van der Waals surface area contributed by atoms with Gasteiger partial charge in [0, 0.05) is 42.3 Å². The van der Waals surface area contributed by atoms with Crippen LogP contribution in [0.5, 0.6) is 0 Å². The number of thiophene rings is 1. The molecule has 1 saturated heterocycles. The van der Waals surface area contributed by atoms with Crippen LogP contribution in [0.1, 0.15) is 75.5 Å². The average molecular weight is 529 g/mol. The van der Waals surface area contributed by atoms with E-state index in [0.29, 0.717) is 24.2 Å². The molecule has 8 heteroatoms. The Hall–Kier alpha value is -3.23. The number of amides is 2. The Morgan fingerprint density at radius 3 is 2.82 bits per heavy atom. The van der Waals surface area contributed by atoms with Crippen LogP contribution in [-0.2, 0) is 11.2 Å². The Morgan fingerprint density at radius 1 is 1.16 bits per heavy atom. The molecular weight excluding hydrogens is 496 g/mol. The molecule has 4 heterocycles. The third kappa shape index (κ3) is 4.01. The number of carbonyl (C=O) groups is 2. The second-order valence-electron chi connectivity index (χ2n) is 11.1. The maximum atomic E-state index is 14.2. The van der Waals surface area contributed by atoms with E-state index in [0.717, 1.165) is 83.7 Å². The molecule has 1 N–H and O–H groups in total. The van der Waals surface area contributed by atoms with Gasteiger partial charge in [0.15, 0.2) is 0 Å². The van der Waals surface area contributed by atoms with Gasteiger partial charge in [-0.15, -0.1) is 11.3 Å². The quantitative estimate of drug-likeness (QED) is 0.509. The van der Waals surface area contributed by atoms with Crippen molar-refractivity contribution >= 4 is 39.8 Å². The fourth-order valence-electron chi connectivity index (χ4n) is 6.14. The van der Waals surface area contributed by atoms with Crippen LogP contribution in [0.3, 0.4) is 0 Å². The van der Waals surface area contributed by atoms with Gasteiger partial charge < -0.3 is 19.5 Å². The molecule has 0 bridgehead atoms. The first-order valence-electron chi connectivity index (χ1n) is 13.7. The molecule has 4 aliphatic rings. The number of ether oxygens (including phenoxy) is 1. The number of allylic oxidation sites excluding steroid dienone is 2. The molecule has 196 valence electrons. The van der Waals surface area contributed by atoms with Gasteiger partial charge in [0.25, 0.3) is 11.8 Å². The summed E-state index contributed by atoms with van der Waals surface area (Å²) >= 11 is 1.57. The first-order chi connectivity index (χ1) is 18.5. The highest BCUT2D eigenvalue weighted by atomic mass is 32.1. The number of benzene rings is 1. The molecule has 38 heavy (non-hydrogen) atoms. The molecule has 2 amide bonds. The fraction of sp³-hybridized carbons (Fsp3) is 0.433. The molecule has 2 aromatic heterocycles. The van der Waals surface area contributed by atoms with Crippen molar-refractivity contribution in [3.8, 4) is 0 Å². The zero-order valence-electron chi connectivity index (χ0n) is 21.6. The lowest BCUT2D eigenvalue weighted by Crippen LogP contribution is -2.50. The van der Waals surface area contributed by atoms with E-state index < -0.39 is 5.54 Å². The predicted molar refractivity (Wildman–Crippen MR) is 149 cm³/mol. The van der Waals surface area contributed by atoms with Crippen molar-refractivity contribution in [3.63, 3.8) is 0 Å². The third-order valence-electron chi connectivity index (χ3n) is 8.54. The summed E-state index contributed by atoms with van der Waals surface area (Å²) in [6, 6.07) is 8.63. The Balaban J connectivity index is 1.22. The second-order valence-corrected chi connectivity index (χ2v) is 12.2. The minimum Gasteiger partial charge on any atom is -0.381 e. The van der Waals surface area contributed by atoms with Crippen LogP contribution in [0.2, 0.25) is 0 Å². The van der Waals surface area contributed by atoms with Crippen molar-refractivity contribution in [2.45, 2.75) is 63.1 Å². The molecule has 2 aliphatic carbocycles. The summed E-state index contributed by atoms with van der Waals surface area (Å²) in [5.41, 5.74) is 4.41. The topological polar surface area (TPSA) is 76.5 Å². The van der Waals surface area contributed by atoms with Gasteiger partial charge in [0.2, 0.25) is 0 Å². The highest BCUT2D eigenvalue weighted by Gasteiger charge is 2.43. The largest absolute Gasteiger partial charge is 0.381 e. The SMILES string of the molecule is CC12CC=CC=C1c1sc(C(=O)NC3CC3)cc1CCN2C(=O)c1ccc2ncn(C3CCOCC3)c2c1. The van der Waals surface area contributed by atoms with E-state index in [2.05, 4.69) is 44.9 Å². The summed E-state index contributed by atoms with van der Waals surface area (Å²) in [6.07, 6.45) is 13.8. The van der Waals surface area contributed by atoms with E-state index in [1.807, 2.05) is 30.6 Å². The number of aromatic nitrogens is 2. The maximum absolute atomic E-state index is 14.2. The number of nitrogens with zero attached hydrogens (tertiary/aromatic N) is 3. The molecule has 1 saturated carbocycles. The number of hydrogen-bond donors (Lipinski definition) is 1. The summed E-state index contributed by atoms with van der Waals surface area (Å²) in [4.78, 5) is 35.6. The lowest BCUT2D eigenvalue weighted by Gasteiger charge is -2.42. The smallest absolute Gasteiger partial charge is 0.261 e. The number of carbonyl (C=O) groups excluding carboxylic acids is 2. The first kappa shape index (κ1) is 23.9. The normalized spacial score (nSPS) is 23.5. The summed E-state index contributed by atoms with van der Waals surface area (Å²) in [6.45, 7) is 4.28. The van der Waals surface area contributed by atoms with Crippen molar-refractivity contribution in [3.05, 3.63) is 69.7 Å². The standard InChI is InChI=1S/C30H32N4O3S/c1-30-12-3-2-4-23(30)27-19(17-26(38-27)28(35)32-21-6-7-21)9-13-34(30)29(36)20-5-8-24-25(16-20)33(18-31-24)22-10-14-37-15-11-22/h2-5,8,16-18,21-22H,6-7,9-15H2,1H3,(H,32,35). The Morgan fingerprint density at radius 2 is 2.00 bits per heavy atom. The number of fused-ring (bicyclic) bond motifs is 4. The van der Waals surface area contributed by atoms with Gasteiger partial charge in [0.05, 0.1) is 27.8 Å². The van der Waals surface area contributed by atoms with Gasteiger partial charge >= 0.3 is 0 Å². The predicted octanol–water partition coefficient (Wildman–Crippen LogP) is 5.14. The molecule has 1 unspecified atom stereocenters. The van der Waals surface area contributed by atoms with Crippen LogP contribution in [-0.4, -0.2) is 57.6 Å². The molecule has 3 aromatic rings. The maximum Gasteiger partial charge on any atom is 0.261 e. The third-order valence-corrected chi connectivity index (χ3v) is 9.75. The van der Waals surface area contributed by atoms with Gasteiger partial charge in [-0.25, -0.2) is 4.98 Å². The minimum atomic E-state index is -0.484. The Labute approximate surface area is 226 Å². The van der Waals surface area contributed by atoms with Gasteiger partial charge in [-0.1, -0.05) is 18.2 Å². The van der Waals surface area contributed by atoms with E-state index in [9.17, 15) is 9.59 Å². The molecule has 1 atom stereocenters. The van der Waals surface area contributed by atoms with Crippen LogP contribution in [0.25, 0.3) is 16.6 Å². The monoisotopic (exact) mass is 528 g/mol. The fourth-order valence-corrected chi connectivity index (χ4v) is 7.40. The highest BCUT2D eigenvalue weighted by molar-refractivity contribution is 7.15. The molecule has 0 spiro atoms. The molecule has 7 rings (SSSR count). The van der Waals surface area contributed by atoms with E-state index in [1.54, 1.807) is 11.3 Å². The second kappa shape index (κ2) is 9.20. The molecule has 7 nitrogen and oxygen atoms in total. The van der Waals surface area contributed by atoms with Crippen LogP contribution >= 0.6 is 11.3 Å². The molecule has 2 fully saturated rings. The van der Waals surface area contributed by atoms with Crippen molar-refractivity contribution in [2.75, 3.05) is 19.8 Å². The van der Waals surface area contributed by atoms with Crippen LogP contribution in [0.4, 0.5) is 0 Å². The van der Waals surface area contributed by atoms with Crippen molar-refractivity contribution in [1.82, 2.24) is 19.8 Å². The number of rotatable bonds is 4. The summed E-state index contributed by atoms with van der Waals surface area (Å²) in [5, 5.41) is 3.12.